The van der Waals surface area contributed by atoms with E-state index < -0.39 is 40.4 Å². The quantitative estimate of drug-likeness (QED) is 0.607. The molecule has 0 heterocycles. The van der Waals surface area contributed by atoms with Crippen LogP contribution in [0.25, 0.3) is 6.08 Å². The molecule has 24 heavy (non-hydrogen) atoms. The third-order valence-electron chi connectivity index (χ3n) is 3.00. The minimum Gasteiger partial charge on any atom is -0.352 e. The molecule has 1 N–H and O–H groups in total. The van der Waals surface area contributed by atoms with Crippen molar-refractivity contribution in [3.05, 3.63) is 42.0 Å². The van der Waals surface area contributed by atoms with Crippen molar-refractivity contribution in [2.45, 2.75) is 24.6 Å². The molecule has 4 nitrogen and oxygen atoms in total. The second kappa shape index (κ2) is 6.73. The fraction of sp³-hybridized carbons (Fsp3) is 0.385. The number of alkyl halides is 6. The molecule has 0 bridgehead atoms. The average Bonchev–Trinajstić information content (AvgIpc) is 2.40. The fourth-order valence-electron chi connectivity index (χ4n) is 1.74. The van der Waals surface area contributed by atoms with Gasteiger partial charge in [0.05, 0.1) is 6.61 Å². The van der Waals surface area contributed by atoms with Gasteiger partial charge in [0.1, 0.15) is 5.75 Å². The Morgan fingerprint density at radius 2 is 1.50 bits per heavy atom. The third kappa shape index (κ3) is 4.71. The van der Waals surface area contributed by atoms with Crippen LogP contribution in [0.2, 0.25) is 0 Å². The molecule has 0 spiro atoms. The molecule has 0 fully saturated rings. The molecule has 0 aliphatic rings. The molecule has 1 aromatic carbocycles. The van der Waals surface area contributed by atoms with Gasteiger partial charge >= 0.3 is 12.4 Å². The van der Waals surface area contributed by atoms with Gasteiger partial charge in [0, 0.05) is 0 Å². The molecule has 0 aliphatic carbocycles. The number of ether oxygens (including phenoxy) is 1. The molecule has 0 atom stereocenters. The van der Waals surface area contributed by atoms with Crippen LogP contribution >= 0.6 is 0 Å². The van der Waals surface area contributed by atoms with Crippen LogP contribution in [-0.4, -0.2) is 36.7 Å². The summed E-state index contributed by atoms with van der Waals surface area (Å²) in [5, 5.41) is 0. The van der Waals surface area contributed by atoms with Crippen LogP contribution in [0.4, 0.5) is 26.3 Å². The average molecular weight is 378 g/mol. The van der Waals surface area contributed by atoms with E-state index in [1.165, 1.54) is 30.3 Å². The van der Waals surface area contributed by atoms with Gasteiger partial charge in [-0.3, -0.25) is 4.55 Å². The fourth-order valence-corrected chi connectivity index (χ4v) is 2.67. The second-order valence-electron chi connectivity index (χ2n) is 4.78. The molecule has 1 rings (SSSR count). The normalized spacial score (nSPS) is 13.8. The Bertz CT molecular complexity index is 662. The Labute approximate surface area is 133 Å². The summed E-state index contributed by atoms with van der Waals surface area (Å²) >= 11 is 0. The van der Waals surface area contributed by atoms with E-state index in [2.05, 4.69) is 11.3 Å². The summed E-state index contributed by atoms with van der Waals surface area (Å²) in [5.41, 5.74) is -4.55. The SMILES string of the molecule is C=Cc1ccc(COC(CS(=O)(=O)O)(C(F)(F)F)C(F)(F)F)cc1. The molecule has 0 aliphatic heterocycles. The minimum atomic E-state index is -6.12. The zero-order valence-corrected chi connectivity index (χ0v) is 12.7. The summed E-state index contributed by atoms with van der Waals surface area (Å²) in [7, 11) is -5.64. The van der Waals surface area contributed by atoms with E-state index in [-0.39, 0.29) is 5.56 Å². The molecule has 136 valence electrons. The molecule has 11 heteroatoms. The standard InChI is InChI=1S/C13H12F6O4S/c1-2-9-3-5-10(6-4-9)7-23-11(12(14,15)16,13(17,18)19)8-24(20,21)22/h2-6H,1,7-8H2,(H,20,21,22). The first kappa shape index (κ1) is 20.5. The van der Waals surface area contributed by atoms with Crippen LogP contribution in [0.1, 0.15) is 11.1 Å². The van der Waals surface area contributed by atoms with Crippen LogP contribution in [0.15, 0.2) is 30.8 Å². The van der Waals surface area contributed by atoms with Crippen molar-refractivity contribution in [2.75, 3.05) is 5.75 Å². The lowest BCUT2D eigenvalue weighted by Gasteiger charge is -2.36. The second-order valence-corrected chi connectivity index (χ2v) is 6.24. The zero-order valence-electron chi connectivity index (χ0n) is 11.9. The Morgan fingerprint density at radius 1 is 1.04 bits per heavy atom. The van der Waals surface area contributed by atoms with Gasteiger partial charge < -0.3 is 4.74 Å². The largest absolute Gasteiger partial charge is 0.427 e. The molecular formula is C13H12F6O4S. The van der Waals surface area contributed by atoms with Gasteiger partial charge in [0.2, 0.25) is 0 Å². The Hall–Kier alpha value is -1.59. The van der Waals surface area contributed by atoms with Gasteiger partial charge in [-0.15, -0.1) is 0 Å². The van der Waals surface area contributed by atoms with Crippen molar-refractivity contribution in [2.24, 2.45) is 0 Å². The van der Waals surface area contributed by atoms with Gasteiger partial charge in [-0.05, 0) is 11.1 Å². The van der Waals surface area contributed by atoms with Gasteiger partial charge in [-0.25, -0.2) is 0 Å². The number of halogens is 6. The van der Waals surface area contributed by atoms with Crippen molar-refractivity contribution in [3.8, 4) is 0 Å². The van der Waals surface area contributed by atoms with E-state index in [1.807, 2.05) is 0 Å². The first-order chi connectivity index (χ1) is 10.7. The van der Waals surface area contributed by atoms with Gasteiger partial charge in [0.15, 0.2) is 0 Å². The van der Waals surface area contributed by atoms with Crippen LogP contribution in [0, 0.1) is 0 Å². The highest BCUT2D eigenvalue weighted by atomic mass is 32.2. The highest BCUT2D eigenvalue weighted by molar-refractivity contribution is 7.85. The Balaban J connectivity index is 3.23. The van der Waals surface area contributed by atoms with E-state index in [1.54, 1.807) is 0 Å². The van der Waals surface area contributed by atoms with Crippen LogP contribution in [0.5, 0.6) is 0 Å². The summed E-state index contributed by atoms with van der Waals surface area (Å²) in [4.78, 5) is 0. The van der Waals surface area contributed by atoms with Crippen LogP contribution in [0.3, 0.4) is 0 Å². The molecule has 0 aromatic heterocycles. The lowest BCUT2D eigenvalue weighted by Crippen LogP contribution is -2.62. The molecule has 0 unspecified atom stereocenters. The van der Waals surface area contributed by atoms with Crippen molar-refractivity contribution < 1.29 is 44.0 Å². The van der Waals surface area contributed by atoms with Gasteiger partial charge in [-0.1, -0.05) is 36.9 Å². The topological polar surface area (TPSA) is 63.6 Å². The minimum absolute atomic E-state index is 0.0613. The van der Waals surface area contributed by atoms with Crippen molar-refractivity contribution >= 4 is 16.2 Å². The van der Waals surface area contributed by atoms with Crippen LogP contribution < -0.4 is 0 Å². The molecule has 0 radical (unpaired) electrons. The van der Waals surface area contributed by atoms with Gasteiger partial charge in [0.25, 0.3) is 15.7 Å². The van der Waals surface area contributed by atoms with E-state index in [9.17, 15) is 34.8 Å². The summed E-state index contributed by atoms with van der Waals surface area (Å²) in [5.74, 6) is -2.70. The summed E-state index contributed by atoms with van der Waals surface area (Å²) < 4.78 is 112. The summed E-state index contributed by atoms with van der Waals surface area (Å²) in [6.07, 6.45) is -10.8. The molecular weight excluding hydrogens is 366 g/mol. The van der Waals surface area contributed by atoms with Crippen LogP contribution in [-0.2, 0) is 21.5 Å². The highest BCUT2D eigenvalue weighted by Gasteiger charge is 2.74. The smallest absolute Gasteiger partial charge is 0.352 e. The third-order valence-corrected chi connectivity index (χ3v) is 3.77. The van der Waals surface area contributed by atoms with E-state index in [4.69, 9.17) is 4.55 Å². The Morgan fingerprint density at radius 3 is 1.83 bits per heavy atom. The molecule has 1 aromatic rings. The summed E-state index contributed by atoms with van der Waals surface area (Å²) in [6.45, 7) is 2.25. The monoisotopic (exact) mass is 378 g/mol. The maximum absolute atomic E-state index is 13.0. The molecule has 0 amide bonds. The first-order valence-corrected chi connectivity index (χ1v) is 7.77. The lowest BCUT2D eigenvalue weighted by atomic mass is 10.1. The lowest BCUT2D eigenvalue weighted by molar-refractivity contribution is -0.375. The Kier molecular flexibility index (Phi) is 5.73. The molecule has 0 saturated heterocycles. The maximum atomic E-state index is 13.0. The summed E-state index contributed by atoms with van der Waals surface area (Å²) in [6, 6.07) is 5.14. The van der Waals surface area contributed by atoms with E-state index in [0.29, 0.717) is 5.56 Å². The maximum Gasteiger partial charge on any atom is 0.427 e. The number of rotatable bonds is 6. The molecule has 0 saturated carbocycles. The predicted molar refractivity (Wildman–Crippen MR) is 72.6 cm³/mol. The first-order valence-electron chi connectivity index (χ1n) is 6.16. The highest BCUT2D eigenvalue weighted by Crippen LogP contribution is 2.47. The van der Waals surface area contributed by atoms with E-state index >= 15 is 0 Å². The van der Waals surface area contributed by atoms with E-state index in [0.717, 1.165) is 0 Å². The van der Waals surface area contributed by atoms with Crippen molar-refractivity contribution in [1.29, 1.82) is 0 Å². The van der Waals surface area contributed by atoms with Crippen molar-refractivity contribution in [3.63, 3.8) is 0 Å². The van der Waals surface area contributed by atoms with Gasteiger partial charge in [-0.2, -0.15) is 34.8 Å². The number of hydrogen-bond acceptors (Lipinski definition) is 3. The number of benzene rings is 1. The number of hydrogen-bond donors (Lipinski definition) is 1. The zero-order chi connectivity index (χ0) is 18.8. The van der Waals surface area contributed by atoms with Crippen molar-refractivity contribution in [1.82, 2.24) is 0 Å². The predicted octanol–water partition coefficient (Wildman–Crippen LogP) is 3.60.